The van der Waals surface area contributed by atoms with Gasteiger partial charge in [-0.2, -0.15) is 13.2 Å². The van der Waals surface area contributed by atoms with E-state index in [0.29, 0.717) is 0 Å². The molecule has 0 aromatic heterocycles. The van der Waals surface area contributed by atoms with Gasteiger partial charge >= 0.3 is 18.2 Å². The van der Waals surface area contributed by atoms with E-state index in [1.165, 1.54) is 18.2 Å². The number of carboxylic acid groups (broad SMARTS) is 1. The summed E-state index contributed by atoms with van der Waals surface area (Å²) in [6.07, 6.45) is -4.54. The van der Waals surface area contributed by atoms with Crippen LogP contribution in [0.25, 0.3) is 0 Å². The molecule has 0 unspecified atom stereocenters. The number of alkyl halides is 3. The van der Waals surface area contributed by atoms with Gasteiger partial charge in [0.25, 0.3) is 0 Å². The Morgan fingerprint density at radius 2 is 1.75 bits per heavy atom. The minimum atomic E-state index is -4.54. The summed E-state index contributed by atoms with van der Waals surface area (Å²) >= 11 is 5.69. The first kappa shape index (κ1) is 17.6. The molecule has 2 amide bonds. The standard InChI is InChI=1S/C15H10ClF3N2O3/c16-9-4-5-12(11(7-9)13(22)23)21-14(24)20-10-3-1-2-8(6-10)15(17,18)19/h1-7H,(H,22,23)(H2,20,21,24). The number of benzene rings is 2. The summed E-state index contributed by atoms with van der Waals surface area (Å²) in [6, 6.07) is 6.94. The van der Waals surface area contributed by atoms with Crippen molar-refractivity contribution >= 4 is 35.0 Å². The van der Waals surface area contributed by atoms with E-state index in [2.05, 4.69) is 10.6 Å². The summed E-state index contributed by atoms with van der Waals surface area (Å²) in [7, 11) is 0. The van der Waals surface area contributed by atoms with E-state index in [0.717, 1.165) is 24.3 Å². The van der Waals surface area contributed by atoms with E-state index in [1.807, 2.05) is 0 Å². The second-order valence-electron chi connectivity index (χ2n) is 4.65. The number of halogens is 4. The molecule has 0 aliphatic heterocycles. The van der Waals surface area contributed by atoms with Gasteiger partial charge in [-0.15, -0.1) is 0 Å². The highest BCUT2D eigenvalue weighted by Crippen LogP contribution is 2.30. The van der Waals surface area contributed by atoms with Crippen LogP contribution >= 0.6 is 11.6 Å². The Hall–Kier alpha value is -2.74. The van der Waals surface area contributed by atoms with Crippen molar-refractivity contribution in [3.8, 4) is 0 Å². The molecule has 0 heterocycles. The maximum atomic E-state index is 12.6. The van der Waals surface area contributed by atoms with Crippen LogP contribution in [0.3, 0.4) is 0 Å². The number of urea groups is 1. The van der Waals surface area contributed by atoms with Crippen LogP contribution in [0.4, 0.5) is 29.3 Å². The topological polar surface area (TPSA) is 78.4 Å². The van der Waals surface area contributed by atoms with E-state index in [-0.39, 0.29) is 22.0 Å². The molecular formula is C15H10ClF3N2O3. The molecule has 0 saturated heterocycles. The monoisotopic (exact) mass is 358 g/mol. The van der Waals surface area contributed by atoms with E-state index >= 15 is 0 Å². The Labute approximate surface area is 139 Å². The molecule has 0 aliphatic carbocycles. The van der Waals surface area contributed by atoms with Crippen LogP contribution in [-0.2, 0) is 6.18 Å². The van der Waals surface area contributed by atoms with Crippen LogP contribution < -0.4 is 10.6 Å². The van der Waals surface area contributed by atoms with Gasteiger partial charge < -0.3 is 15.7 Å². The summed E-state index contributed by atoms with van der Waals surface area (Å²) in [5.41, 5.74) is -1.30. The van der Waals surface area contributed by atoms with Gasteiger partial charge in [0.2, 0.25) is 0 Å². The van der Waals surface area contributed by atoms with Crippen LogP contribution in [0.2, 0.25) is 5.02 Å². The van der Waals surface area contributed by atoms with Crippen LogP contribution in [0.1, 0.15) is 15.9 Å². The van der Waals surface area contributed by atoms with Gasteiger partial charge in [0.1, 0.15) is 0 Å². The fourth-order valence-corrected chi connectivity index (χ4v) is 2.03. The Morgan fingerprint density at radius 3 is 2.38 bits per heavy atom. The molecule has 0 radical (unpaired) electrons. The molecule has 3 N–H and O–H groups in total. The Bertz CT molecular complexity index is 794. The normalized spacial score (nSPS) is 11.0. The van der Waals surface area contributed by atoms with Gasteiger partial charge in [-0.3, -0.25) is 0 Å². The highest BCUT2D eigenvalue weighted by molar-refractivity contribution is 6.31. The number of amides is 2. The average Bonchev–Trinajstić information content (AvgIpc) is 2.48. The van der Waals surface area contributed by atoms with Gasteiger partial charge in [-0.1, -0.05) is 17.7 Å². The number of nitrogens with one attached hydrogen (secondary N) is 2. The summed E-state index contributed by atoms with van der Waals surface area (Å²) in [5.74, 6) is -1.31. The van der Waals surface area contributed by atoms with Crippen molar-refractivity contribution in [3.05, 3.63) is 58.6 Å². The van der Waals surface area contributed by atoms with Crippen molar-refractivity contribution in [2.45, 2.75) is 6.18 Å². The predicted octanol–water partition coefficient (Wildman–Crippen LogP) is 4.70. The molecule has 0 aliphatic rings. The highest BCUT2D eigenvalue weighted by Gasteiger charge is 2.30. The summed E-state index contributed by atoms with van der Waals surface area (Å²) in [4.78, 5) is 23.0. The number of carboxylic acids is 1. The zero-order valence-corrected chi connectivity index (χ0v) is 12.6. The Kier molecular flexibility index (Phi) is 4.99. The third-order valence-corrected chi connectivity index (χ3v) is 3.14. The van der Waals surface area contributed by atoms with E-state index in [1.54, 1.807) is 0 Å². The number of rotatable bonds is 3. The number of anilines is 2. The molecule has 2 rings (SSSR count). The maximum Gasteiger partial charge on any atom is 0.416 e. The molecule has 0 fully saturated rings. The van der Waals surface area contributed by atoms with Crippen LogP contribution in [0.15, 0.2) is 42.5 Å². The zero-order valence-electron chi connectivity index (χ0n) is 11.8. The maximum absolute atomic E-state index is 12.6. The highest BCUT2D eigenvalue weighted by atomic mass is 35.5. The SMILES string of the molecule is O=C(Nc1cccc(C(F)(F)F)c1)Nc1ccc(Cl)cc1C(=O)O. The quantitative estimate of drug-likeness (QED) is 0.744. The molecule has 2 aromatic carbocycles. The fraction of sp³-hybridized carbons (Fsp3) is 0.0667. The first-order chi connectivity index (χ1) is 11.2. The lowest BCUT2D eigenvalue weighted by Crippen LogP contribution is -2.21. The molecule has 0 spiro atoms. The summed E-state index contributed by atoms with van der Waals surface area (Å²) in [6.45, 7) is 0. The molecular weight excluding hydrogens is 349 g/mol. The third kappa shape index (κ3) is 4.39. The lowest BCUT2D eigenvalue weighted by Gasteiger charge is -2.12. The lowest BCUT2D eigenvalue weighted by molar-refractivity contribution is -0.137. The van der Waals surface area contributed by atoms with E-state index in [9.17, 15) is 22.8 Å². The van der Waals surface area contributed by atoms with Crippen molar-refractivity contribution in [2.75, 3.05) is 10.6 Å². The van der Waals surface area contributed by atoms with Crippen molar-refractivity contribution in [1.29, 1.82) is 0 Å². The number of hydrogen-bond acceptors (Lipinski definition) is 2. The lowest BCUT2D eigenvalue weighted by atomic mass is 10.2. The first-order valence-corrected chi connectivity index (χ1v) is 6.83. The smallest absolute Gasteiger partial charge is 0.416 e. The molecule has 24 heavy (non-hydrogen) atoms. The van der Waals surface area contributed by atoms with Gasteiger partial charge in [0.05, 0.1) is 16.8 Å². The molecule has 0 bridgehead atoms. The van der Waals surface area contributed by atoms with Gasteiger partial charge in [-0.05, 0) is 36.4 Å². The van der Waals surface area contributed by atoms with Crippen molar-refractivity contribution in [1.82, 2.24) is 0 Å². The van der Waals surface area contributed by atoms with Gasteiger partial charge in [0.15, 0.2) is 0 Å². The Balaban J connectivity index is 2.16. The van der Waals surface area contributed by atoms with Crippen molar-refractivity contribution < 1.29 is 27.9 Å². The predicted molar refractivity (Wildman–Crippen MR) is 82.5 cm³/mol. The van der Waals surface area contributed by atoms with Gasteiger partial charge in [0, 0.05) is 10.7 Å². The van der Waals surface area contributed by atoms with Crippen LogP contribution in [0, 0.1) is 0 Å². The van der Waals surface area contributed by atoms with Crippen molar-refractivity contribution in [2.24, 2.45) is 0 Å². The molecule has 126 valence electrons. The molecule has 9 heteroatoms. The zero-order chi connectivity index (χ0) is 17.9. The van der Waals surface area contributed by atoms with Crippen molar-refractivity contribution in [3.63, 3.8) is 0 Å². The van der Waals surface area contributed by atoms with Gasteiger partial charge in [-0.25, -0.2) is 9.59 Å². The third-order valence-electron chi connectivity index (χ3n) is 2.91. The average molecular weight is 359 g/mol. The fourth-order valence-electron chi connectivity index (χ4n) is 1.86. The second-order valence-corrected chi connectivity index (χ2v) is 5.09. The largest absolute Gasteiger partial charge is 0.478 e. The van der Waals surface area contributed by atoms with E-state index < -0.39 is 23.7 Å². The summed E-state index contributed by atoms with van der Waals surface area (Å²) < 4.78 is 37.9. The number of aromatic carboxylic acids is 1. The Morgan fingerprint density at radius 1 is 1.04 bits per heavy atom. The molecule has 0 atom stereocenters. The molecule has 0 saturated carbocycles. The van der Waals surface area contributed by atoms with E-state index in [4.69, 9.17) is 16.7 Å². The second kappa shape index (κ2) is 6.79. The first-order valence-electron chi connectivity index (χ1n) is 6.45. The summed E-state index contributed by atoms with van der Waals surface area (Å²) in [5, 5.41) is 13.7. The minimum absolute atomic E-state index is 0.0450. The number of carbonyl (C=O) groups excluding carboxylic acids is 1. The van der Waals surface area contributed by atoms with Crippen LogP contribution in [0.5, 0.6) is 0 Å². The number of carbonyl (C=O) groups is 2. The minimum Gasteiger partial charge on any atom is -0.478 e. The van der Waals surface area contributed by atoms with Crippen LogP contribution in [-0.4, -0.2) is 17.1 Å². The molecule has 5 nitrogen and oxygen atoms in total. The number of hydrogen-bond donors (Lipinski definition) is 3. The molecule has 2 aromatic rings.